The molecule has 0 aliphatic heterocycles. The molecule has 0 atom stereocenters. The zero-order valence-corrected chi connectivity index (χ0v) is 14.9. The molecule has 4 nitrogen and oxygen atoms in total. The summed E-state index contributed by atoms with van der Waals surface area (Å²) in [7, 11) is -3.72. The van der Waals surface area contributed by atoms with Crippen molar-refractivity contribution < 1.29 is 13.2 Å². The van der Waals surface area contributed by atoms with Gasteiger partial charge in [0.15, 0.2) is 0 Å². The monoisotopic (exact) mass is 471 g/mol. The average Bonchev–Trinajstić information content (AvgIpc) is 2.34. The van der Waals surface area contributed by atoms with Gasteiger partial charge in [0.05, 0.1) is 11.4 Å². The van der Waals surface area contributed by atoms with Crippen LogP contribution < -0.4 is 5.32 Å². The zero-order valence-electron chi connectivity index (χ0n) is 9.36. The fourth-order valence-electron chi connectivity index (χ4n) is 1.17. The topological polar surface area (TPSA) is 63.2 Å². The molecule has 0 bridgehead atoms. The van der Waals surface area contributed by atoms with Crippen molar-refractivity contribution in [1.82, 2.24) is 5.32 Å². The van der Waals surface area contributed by atoms with Crippen LogP contribution in [0.2, 0.25) is 0 Å². The van der Waals surface area contributed by atoms with Gasteiger partial charge in [-0.05, 0) is 66.0 Å². The molecule has 1 rings (SSSR count). The molecule has 0 saturated carbocycles. The van der Waals surface area contributed by atoms with Crippen molar-refractivity contribution in [1.29, 1.82) is 0 Å². The van der Waals surface area contributed by atoms with Gasteiger partial charge in [-0.2, -0.15) is 0 Å². The minimum atomic E-state index is -3.72. The molecule has 0 unspecified atom stereocenters. The SMILES string of the molecule is C#CCNC(=O)c1cccc(S(=O)(=O)C(Br)(Br)Br)c1. The van der Waals surface area contributed by atoms with Crippen LogP contribution in [0.25, 0.3) is 0 Å². The second kappa shape index (κ2) is 6.39. The van der Waals surface area contributed by atoms with E-state index in [1.807, 2.05) is 0 Å². The molecule has 0 saturated heterocycles. The molecule has 1 aromatic rings. The first-order valence-corrected chi connectivity index (χ1v) is 8.69. The molecule has 1 N–H and O–H groups in total. The van der Waals surface area contributed by atoms with E-state index in [9.17, 15) is 13.2 Å². The number of nitrogens with one attached hydrogen (secondary N) is 1. The molecular weight excluding hydrogens is 466 g/mol. The maximum atomic E-state index is 12.1. The number of rotatable bonds is 3. The Balaban J connectivity index is 3.16. The second-order valence-electron chi connectivity index (χ2n) is 3.36. The molecule has 0 aromatic heterocycles. The summed E-state index contributed by atoms with van der Waals surface area (Å²) in [6.45, 7) is 0.0785. The minimum Gasteiger partial charge on any atom is -0.341 e. The van der Waals surface area contributed by atoms with Gasteiger partial charge in [-0.25, -0.2) is 8.42 Å². The van der Waals surface area contributed by atoms with E-state index in [2.05, 4.69) is 59.0 Å². The summed E-state index contributed by atoms with van der Waals surface area (Å²) in [5.74, 6) is 1.83. The Hall–Kier alpha value is -0.360. The van der Waals surface area contributed by atoms with Gasteiger partial charge < -0.3 is 5.32 Å². The Kier molecular flexibility index (Phi) is 5.62. The molecule has 0 aliphatic rings. The third-order valence-electron chi connectivity index (χ3n) is 2.06. The Morgan fingerprint density at radius 3 is 2.53 bits per heavy atom. The number of hydrogen-bond donors (Lipinski definition) is 1. The first-order chi connectivity index (χ1) is 8.70. The predicted octanol–water partition coefficient (Wildman–Crippen LogP) is 2.62. The quantitative estimate of drug-likeness (QED) is 0.542. The second-order valence-corrected chi connectivity index (χ2v) is 13.8. The average molecular weight is 474 g/mol. The van der Waals surface area contributed by atoms with Gasteiger partial charge in [-0.1, -0.05) is 12.0 Å². The number of sulfone groups is 1. The molecule has 8 heteroatoms. The normalized spacial score (nSPS) is 11.7. The maximum Gasteiger partial charge on any atom is 0.252 e. The third kappa shape index (κ3) is 4.05. The first-order valence-electron chi connectivity index (χ1n) is 4.83. The Morgan fingerprint density at radius 2 is 2.00 bits per heavy atom. The number of benzene rings is 1. The van der Waals surface area contributed by atoms with Gasteiger partial charge in [0, 0.05) is 5.56 Å². The van der Waals surface area contributed by atoms with Crippen LogP contribution >= 0.6 is 47.8 Å². The van der Waals surface area contributed by atoms with E-state index in [1.165, 1.54) is 24.3 Å². The Bertz CT molecular complexity index is 629. The highest BCUT2D eigenvalue weighted by Gasteiger charge is 2.37. The standard InChI is InChI=1S/C11H8Br3NO3S/c1-2-6-15-10(16)8-4-3-5-9(7-8)19(17,18)11(12,13)14/h1,3-5,7H,6H2,(H,15,16). The van der Waals surface area contributed by atoms with Crippen LogP contribution in [0.1, 0.15) is 10.4 Å². The van der Waals surface area contributed by atoms with Crippen molar-refractivity contribution in [3.8, 4) is 12.3 Å². The number of halogens is 3. The summed E-state index contributed by atoms with van der Waals surface area (Å²) in [6, 6.07) is 5.66. The number of terminal acetylenes is 1. The lowest BCUT2D eigenvalue weighted by Crippen LogP contribution is -2.24. The molecule has 0 aliphatic carbocycles. The fraction of sp³-hybridized carbons (Fsp3) is 0.182. The van der Waals surface area contributed by atoms with Crippen LogP contribution in [0.3, 0.4) is 0 Å². The summed E-state index contributed by atoms with van der Waals surface area (Å²) in [5.41, 5.74) is 0.216. The van der Waals surface area contributed by atoms with Gasteiger partial charge in [-0.3, -0.25) is 4.79 Å². The van der Waals surface area contributed by atoms with Gasteiger partial charge in [0.25, 0.3) is 5.91 Å². The van der Waals surface area contributed by atoms with E-state index in [4.69, 9.17) is 6.42 Å². The van der Waals surface area contributed by atoms with Gasteiger partial charge in [-0.15, -0.1) is 6.42 Å². The molecule has 0 fully saturated rings. The molecule has 0 heterocycles. The number of carbonyl (C=O) groups excluding carboxylic acids is 1. The van der Waals surface area contributed by atoms with E-state index < -0.39 is 17.2 Å². The minimum absolute atomic E-state index is 0.00789. The fourth-order valence-corrected chi connectivity index (χ4v) is 3.66. The lowest BCUT2D eigenvalue weighted by atomic mass is 10.2. The van der Waals surface area contributed by atoms with E-state index >= 15 is 0 Å². The number of alkyl halides is 3. The van der Waals surface area contributed by atoms with E-state index in [0.29, 0.717) is 0 Å². The van der Waals surface area contributed by atoms with Crippen molar-refractivity contribution in [2.24, 2.45) is 0 Å². The molecule has 102 valence electrons. The molecule has 19 heavy (non-hydrogen) atoms. The molecule has 1 aromatic carbocycles. The summed E-state index contributed by atoms with van der Waals surface area (Å²) in [4.78, 5) is 11.7. The van der Waals surface area contributed by atoms with E-state index in [0.717, 1.165) is 0 Å². The Morgan fingerprint density at radius 1 is 1.37 bits per heavy atom. The van der Waals surface area contributed by atoms with Gasteiger partial charge in [0.2, 0.25) is 11.3 Å². The summed E-state index contributed by atoms with van der Waals surface area (Å²) in [6.07, 6.45) is 5.03. The van der Waals surface area contributed by atoms with Crippen LogP contribution in [0.5, 0.6) is 0 Å². The predicted molar refractivity (Wildman–Crippen MR) is 84.3 cm³/mol. The van der Waals surface area contributed by atoms with Gasteiger partial charge >= 0.3 is 0 Å². The third-order valence-corrected chi connectivity index (χ3v) is 7.38. The lowest BCUT2D eigenvalue weighted by molar-refractivity contribution is 0.0958. The van der Waals surface area contributed by atoms with E-state index in [-0.39, 0.29) is 17.0 Å². The van der Waals surface area contributed by atoms with E-state index in [1.54, 1.807) is 0 Å². The number of amides is 1. The van der Waals surface area contributed by atoms with Crippen molar-refractivity contribution >= 4 is 63.5 Å². The molecular formula is C11H8Br3NO3S. The highest BCUT2D eigenvalue weighted by molar-refractivity contribution is 9.42. The summed E-state index contributed by atoms with van der Waals surface area (Å²) < 4.78 is 22.8. The lowest BCUT2D eigenvalue weighted by Gasteiger charge is -2.14. The first kappa shape index (κ1) is 16.7. The highest BCUT2D eigenvalue weighted by atomic mass is 80.0. The van der Waals surface area contributed by atoms with Crippen LogP contribution in [-0.4, -0.2) is 22.3 Å². The van der Waals surface area contributed by atoms with Crippen LogP contribution in [0.15, 0.2) is 29.2 Å². The smallest absolute Gasteiger partial charge is 0.252 e. The zero-order chi connectivity index (χ0) is 14.7. The van der Waals surface area contributed by atoms with Gasteiger partial charge in [0.1, 0.15) is 0 Å². The molecule has 1 amide bonds. The maximum absolute atomic E-state index is 12.1. The molecule has 0 spiro atoms. The molecule has 0 radical (unpaired) electrons. The van der Waals surface area contributed by atoms with Crippen molar-refractivity contribution in [3.05, 3.63) is 29.8 Å². The summed E-state index contributed by atoms with van der Waals surface area (Å²) >= 11 is 8.88. The summed E-state index contributed by atoms with van der Waals surface area (Å²) in [5, 5.41) is 2.46. The number of hydrogen-bond acceptors (Lipinski definition) is 3. The largest absolute Gasteiger partial charge is 0.341 e. The van der Waals surface area contributed by atoms with Crippen molar-refractivity contribution in [2.45, 2.75) is 6.37 Å². The van der Waals surface area contributed by atoms with Crippen molar-refractivity contribution in [3.63, 3.8) is 0 Å². The van der Waals surface area contributed by atoms with Crippen LogP contribution in [-0.2, 0) is 9.84 Å². The van der Waals surface area contributed by atoms with Crippen LogP contribution in [0, 0.1) is 12.3 Å². The Labute approximate surface area is 136 Å². The highest BCUT2D eigenvalue weighted by Crippen LogP contribution is 2.43. The van der Waals surface area contributed by atoms with Crippen molar-refractivity contribution in [2.75, 3.05) is 6.54 Å². The van der Waals surface area contributed by atoms with Crippen LogP contribution in [0.4, 0.5) is 0 Å². The number of carbonyl (C=O) groups is 1.